The van der Waals surface area contributed by atoms with Crippen molar-refractivity contribution < 1.29 is 0 Å². The molecule has 0 saturated carbocycles. The van der Waals surface area contributed by atoms with Crippen LogP contribution < -0.4 is 5.32 Å². The number of nitrogens with zero attached hydrogens (tertiary/aromatic N) is 1. The van der Waals surface area contributed by atoms with Crippen LogP contribution in [0.5, 0.6) is 0 Å². The summed E-state index contributed by atoms with van der Waals surface area (Å²) in [7, 11) is 4.28. The van der Waals surface area contributed by atoms with Gasteiger partial charge in [0.2, 0.25) is 0 Å². The zero-order valence-corrected chi connectivity index (χ0v) is 9.93. The lowest BCUT2D eigenvalue weighted by Crippen LogP contribution is -2.45. The predicted octanol–water partition coefficient (Wildman–Crippen LogP) is 2.10. The van der Waals surface area contributed by atoms with E-state index >= 15 is 0 Å². The molecule has 2 nitrogen and oxygen atoms in total. The van der Waals surface area contributed by atoms with Crippen LogP contribution in [0.15, 0.2) is 0 Å². The summed E-state index contributed by atoms with van der Waals surface area (Å²) in [6, 6.07) is 1.27. The van der Waals surface area contributed by atoms with Gasteiger partial charge in [-0.1, -0.05) is 20.3 Å². The molecule has 0 rings (SSSR count). The number of hydrogen-bond acceptors (Lipinski definition) is 2. The molecule has 2 atom stereocenters. The molecule has 80 valence electrons. The van der Waals surface area contributed by atoms with Crippen LogP contribution in [0.2, 0.25) is 0 Å². The summed E-state index contributed by atoms with van der Waals surface area (Å²) in [5, 5.41) is 3.37. The highest BCUT2D eigenvalue weighted by atomic mass is 15.1. The minimum Gasteiger partial charge on any atom is -0.315 e. The number of rotatable bonds is 7. The molecule has 1 N–H and O–H groups in total. The average molecular weight is 186 g/mol. The average Bonchev–Trinajstić information content (AvgIpc) is 2.15. The van der Waals surface area contributed by atoms with Crippen molar-refractivity contribution in [2.45, 2.75) is 52.1 Å². The summed E-state index contributed by atoms with van der Waals surface area (Å²) in [6.45, 7) is 8.01. The molecule has 0 heterocycles. The van der Waals surface area contributed by atoms with E-state index in [0.717, 1.165) is 0 Å². The first-order valence-electron chi connectivity index (χ1n) is 5.54. The van der Waals surface area contributed by atoms with Crippen molar-refractivity contribution in [2.24, 2.45) is 0 Å². The van der Waals surface area contributed by atoms with Crippen molar-refractivity contribution in [1.82, 2.24) is 10.2 Å². The van der Waals surface area contributed by atoms with E-state index in [-0.39, 0.29) is 0 Å². The van der Waals surface area contributed by atoms with Gasteiger partial charge in [0, 0.05) is 12.1 Å². The van der Waals surface area contributed by atoms with Crippen LogP contribution in [-0.4, -0.2) is 37.6 Å². The van der Waals surface area contributed by atoms with Crippen LogP contribution in [0, 0.1) is 0 Å². The van der Waals surface area contributed by atoms with Gasteiger partial charge in [-0.05, 0) is 40.4 Å². The van der Waals surface area contributed by atoms with Crippen LogP contribution >= 0.6 is 0 Å². The van der Waals surface area contributed by atoms with Crippen molar-refractivity contribution in [3.05, 3.63) is 0 Å². The third-order valence-electron chi connectivity index (χ3n) is 2.95. The Morgan fingerprint density at radius 3 is 2.31 bits per heavy atom. The third-order valence-corrected chi connectivity index (χ3v) is 2.95. The van der Waals surface area contributed by atoms with E-state index in [2.05, 4.69) is 45.1 Å². The first-order valence-corrected chi connectivity index (χ1v) is 5.54. The molecule has 0 amide bonds. The van der Waals surface area contributed by atoms with E-state index in [1.165, 1.54) is 25.8 Å². The Labute approximate surface area is 83.7 Å². The lowest BCUT2D eigenvalue weighted by molar-refractivity contribution is 0.205. The monoisotopic (exact) mass is 186 g/mol. The zero-order chi connectivity index (χ0) is 10.3. The molecule has 0 radical (unpaired) electrons. The molecule has 0 aromatic carbocycles. The molecule has 0 aliphatic rings. The number of likely N-dealkylation sites (N-methyl/N-ethyl adjacent to an activating group) is 2. The molecule has 0 saturated heterocycles. The maximum absolute atomic E-state index is 3.37. The summed E-state index contributed by atoms with van der Waals surface area (Å²) in [5.74, 6) is 0. The quantitative estimate of drug-likeness (QED) is 0.655. The van der Waals surface area contributed by atoms with E-state index in [0.29, 0.717) is 12.1 Å². The summed E-state index contributed by atoms with van der Waals surface area (Å²) >= 11 is 0. The molecule has 0 fully saturated rings. The van der Waals surface area contributed by atoms with E-state index in [1.807, 2.05) is 0 Å². The molecule has 0 aromatic heterocycles. The number of nitrogens with one attached hydrogen (secondary N) is 1. The molecule has 0 aromatic rings. The van der Waals surface area contributed by atoms with E-state index < -0.39 is 0 Å². The highest BCUT2D eigenvalue weighted by molar-refractivity contribution is 4.77. The van der Waals surface area contributed by atoms with E-state index in [4.69, 9.17) is 0 Å². The molecular weight excluding hydrogens is 160 g/mol. The fourth-order valence-electron chi connectivity index (χ4n) is 1.70. The van der Waals surface area contributed by atoms with Gasteiger partial charge in [0.15, 0.2) is 0 Å². The fourth-order valence-corrected chi connectivity index (χ4v) is 1.70. The van der Waals surface area contributed by atoms with Gasteiger partial charge in [-0.2, -0.15) is 0 Å². The molecule has 2 unspecified atom stereocenters. The van der Waals surface area contributed by atoms with Gasteiger partial charge in [0.25, 0.3) is 0 Å². The van der Waals surface area contributed by atoms with Crippen LogP contribution in [0.4, 0.5) is 0 Å². The van der Waals surface area contributed by atoms with Crippen LogP contribution in [0.3, 0.4) is 0 Å². The van der Waals surface area contributed by atoms with E-state index in [9.17, 15) is 0 Å². The first-order chi connectivity index (χ1) is 6.17. The molecule has 0 aliphatic heterocycles. The van der Waals surface area contributed by atoms with E-state index in [1.54, 1.807) is 0 Å². The molecular formula is C11H26N2. The minimum absolute atomic E-state index is 0.627. The van der Waals surface area contributed by atoms with Crippen molar-refractivity contribution in [3.63, 3.8) is 0 Å². The van der Waals surface area contributed by atoms with Gasteiger partial charge < -0.3 is 10.2 Å². The summed E-state index contributed by atoms with van der Waals surface area (Å²) < 4.78 is 0. The SMILES string of the molecule is CCCCN(C)C(C)C(CC)NC. The number of unbranched alkanes of at least 4 members (excludes halogenated alkanes) is 1. The normalized spacial score (nSPS) is 16.2. The first kappa shape index (κ1) is 12.9. The van der Waals surface area contributed by atoms with Crippen LogP contribution in [0.1, 0.15) is 40.0 Å². The van der Waals surface area contributed by atoms with Gasteiger partial charge in [-0.3, -0.25) is 0 Å². The number of hydrogen-bond donors (Lipinski definition) is 1. The standard InChI is InChI=1S/C11H26N2/c1-6-8-9-13(5)10(3)11(7-2)12-4/h10-12H,6-9H2,1-5H3. The second-order valence-electron chi connectivity index (χ2n) is 3.88. The van der Waals surface area contributed by atoms with Crippen molar-refractivity contribution >= 4 is 0 Å². The second-order valence-corrected chi connectivity index (χ2v) is 3.88. The highest BCUT2D eigenvalue weighted by Gasteiger charge is 2.16. The van der Waals surface area contributed by atoms with Crippen LogP contribution in [-0.2, 0) is 0 Å². The zero-order valence-electron chi connectivity index (χ0n) is 9.93. The molecule has 0 aliphatic carbocycles. The highest BCUT2D eigenvalue weighted by Crippen LogP contribution is 2.06. The van der Waals surface area contributed by atoms with Crippen molar-refractivity contribution in [3.8, 4) is 0 Å². The molecule has 2 heteroatoms. The summed E-state index contributed by atoms with van der Waals surface area (Å²) in [6.07, 6.45) is 3.79. The van der Waals surface area contributed by atoms with Crippen LogP contribution in [0.25, 0.3) is 0 Å². The van der Waals surface area contributed by atoms with Crippen molar-refractivity contribution in [1.29, 1.82) is 0 Å². The Kier molecular flexibility index (Phi) is 7.29. The Hall–Kier alpha value is -0.0800. The van der Waals surface area contributed by atoms with Gasteiger partial charge in [-0.25, -0.2) is 0 Å². The van der Waals surface area contributed by atoms with Crippen molar-refractivity contribution in [2.75, 3.05) is 20.6 Å². The molecule has 0 spiro atoms. The minimum atomic E-state index is 0.627. The lowest BCUT2D eigenvalue weighted by Gasteiger charge is -2.31. The van der Waals surface area contributed by atoms with Gasteiger partial charge >= 0.3 is 0 Å². The Morgan fingerprint density at radius 1 is 1.31 bits per heavy atom. The smallest absolute Gasteiger partial charge is 0.0217 e. The Balaban J connectivity index is 3.83. The predicted molar refractivity (Wildman–Crippen MR) is 60.1 cm³/mol. The lowest BCUT2D eigenvalue weighted by atomic mass is 10.1. The largest absolute Gasteiger partial charge is 0.315 e. The molecule has 13 heavy (non-hydrogen) atoms. The Bertz CT molecular complexity index is 111. The summed E-state index contributed by atoms with van der Waals surface area (Å²) in [4.78, 5) is 2.45. The fraction of sp³-hybridized carbons (Fsp3) is 1.00. The van der Waals surface area contributed by atoms with Gasteiger partial charge in [0.05, 0.1) is 0 Å². The van der Waals surface area contributed by atoms with Gasteiger partial charge in [0.1, 0.15) is 0 Å². The second kappa shape index (κ2) is 7.34. The third kappa shape index (κ3) is 4.63. The maximum Gasteiger partial charge on any atom is 0.0217 e. The topological polar surface area (TPSA) is 15.3 Å². The Morgan fingerprint density at radius 2 is 1.92 bits per heavy atom. The summed E-state index contributed by atoms with van der Waals surface area (Å²) in [5.41, 5.74) is 0. The van der Waals surface area contributed by atoms with Gasteiger partial charge in [-0.15, -0.1) is 0 Å². The maximum atomic E-state index is 3.37. The molecule has 0 bridgehead atoms.